The molecule has 2 atom stereocenters. The molecule has 1 aliphatic rings. The first kappa shape index (κ1) is 20.0. The van der Waals surface area contributed by atoms with Crippen LogP contribution < -0.4 is 10.5 Å². The molecular formula is C20H22N2O5S. The van der Waals surface area contributed by atoms with Crippen molar-refractivity contribution in [2.75, 3.05) is 0 Å². The summed E-state index contributed by atoms with van der Waals surface area (Å²) in [6.45, 7) is 0.277. The van der Waals surface area contributed by atoms with Crippen LogP contribution in [0.15, 0.2) is 53.4 Å². The summed E-state index contributed by atoms with van der Waals surface area (Å²) >= 11 is 0. The fourth-order valence-corrected chi connectivity index (χ4v) is 4.41. The fraction of sp³-hybridized carbons (Fsp3) is 0.300. The van der Waals surface area contributed by atoms with Crippen LogP contribution in [0.3, 0.4) is 0 Å². The summed E-state index contributed by atoms with van der Waals surface area (Å²) < 4.78 is 23.5. The van der Waals surface area contributed by atoms with Crippen molar-refractivity contribution in [3.05, 3.63) is 54.1 Å². The van der Waals surface area contributed by atoms with Gasteiger partial charge in [-0.25, -0.2) is 13.6 Å². The number of rotatable bonds is 6. The number of sulfonamides is 1. The molecule has 8 heteroatoms. The van der Waals surface area contributed by atoms with Crippen LogP contribution in [-0.2, 0) is 26.2 Å². The Hall–Kier alpha value is -2.71. The SMILES string of the molecule is NS(=O)(=O)c1ccccc1-c1ccc(CNC(=O)C2CCCC2C(=O)O)cc1. The highest BCUT2D eigenvalue weighted by molar-refractivity contribution is 7.89. The van der Waals surface area contributed by atoms with E-state index in [1.807, 2.05) is 0 Å². The van der Waals surface area contributed by atoms with Gasteiger partial charge in [-0.05, 0) is 30.0 Å². The second kappa shape index (κ2) is 8.12. The number of carbonyl (C=O) groups is 2. The lowest BCUT2D eigenvalue weighted by Gasteiger charge is -2.15. The molecule has 2 aromatic carbocycles. The lowest BCUT2D eigenvalue weighted by Crippen LogP contribution is -2.34. The Balaban J connectivity index is 1.69. The number of amides is 1. The quantitative estimate of drug-likeness (QED) is 0.682. The lowest BCUT2D eigenvalue weighted by atomic mass is 9.95. The Morgan fingerprint density at radius 1 is 1.04 bits per heavy atom. The third-order valence-electron chi connectivity index (χ3n) is 5.10. The normalized spacial score (nSPS) is 19.3. The van der Waals surface area contributed by atoms with Crippen molar-refractivity contribution in [1.29, 1.82) is 0 Å². The van der Waals surface area contributed by atoms with Gasteiger partial charge < -0.3 is 10.4 Å². The largest absolute Gasteiger partial charge is 0.481 e. The first-order valence-corrected chi connectivity index (χ1v) is 10.5. The van der Waals surface area contributed by atoms with Crippen molar-refractivity contribution in [2.24, 2.45) is 17.0 Å². The van der Waals surface area contributed by atoms with Crippen LogP contribution in [0.5, 0.6) is 0 Å². The molecule has 28 heavy (non-hydrogen) atoms. The van der Waals surface area contributed by atoms with E-state index in [2.05, 4.69) is 5.32 Å². The lowest BCUT2D eigenvalue weighted by molar-refractivity contribution is -0.146. The van der Waals surface area contributed by atoms with E-state index < -0.39 is 27.8 Å². The van der Waals surface area contributed by atoms with Crippen LogP contribution in [0.2, 0.25) is 0 Å². The van der Waals surface area contributed by atoms with Crippen LogP contribution in [0.25, 0.3) is 11.1 Å². The molecule has 0 radical (unpaired) electrons. The van der Waals surface area contributed by atoms with Gasteiger partial charge in [-0.3, -0.25) is 9.59 Å². The Morgan fingerprint density at radius 3 is 2.32 bits per heavy atom. The summed E-state index contributed by atoms with van der Waals surface area (Å²) in [5.41, 5.74) is 2.03. The fourth-order valence-electron chi connectivity index (χ4n) is 3.65. The topological polar surface area (TPSA) is 127 Å². The summed E-state index contributed by atoms with van der Waals surface area (Å²) in [6, 6.07) is 13.6. The Morgan fingerprint density at radius 2 is 1.68 bits per heavy atom. The highest BCUT2D eigenvalue weighted by atomic mass is 32.2. The van der Waals surface area contributed by atoms with E-state index in [-0.39, 0.29) is 17.3 Å². The molecule has 0 heterocycles. The Bertz CT molecular complexity index is 986. The summed E-state index contributed by atoms with van der Waals surface area (Å²) in [5, 5.41) is 17.3. The number of carboxylic acids is 1. The third-order valence-corrected chi connectivity index (χ3v) is 6.06. The van der Waals surface area contributed by atoms with Gasteiger partial charge in [-0.15, -0.1) is 0 Å². The number of nitrogens with one attached hydrogen (secondary N) is 1. The van der Waals surface area contributed by atoms with Crippen molar-refractivity contribution in [1.82, 2.24) is 5.32 Å². The maximum atomic E-state index is 12.3. The van der Waals surface area contributed by atoms with Gasteiger partial charge in [0.15, 0.2) is 0 Å². The molecule has 0 saturated heterocycles. The van der Waals surface area contributed by atoms with Gasteiger partial charge >= 0.3 is 5.97 Å². The first-order valence-electron chi connectivity index (χ1n) is 8.99. The second-order valence-electron chi connectivity index (χ2n) is 6.94. The van der Waals surface area contributed by atoms with Crippen molar-refractivity contribution in [3.8, 4) is 11.1 Å². The number of benzene rings is 2. The maximum absolute atomic E-state index is 12.3. The van der Waals surface area contributed by atoms with Gasteiger partial charge in [0.1, 0.15) is 0 Å². The van der Waals surface area contributed by atoms with Crippen molar-refractivity contribution in [3.63, 3.8) is 0 Å². The molecule has 2 aromatic rings. The van der Waals surface area contributed by atoms with Gasteiger partial charge in [-0.2, -0.15) is 0 Å². The number of hydrogen-bond donors (Lipinski definition) is 3. The van der Waals surface area contributed by atoms with Crippen LogP contribution in [0.4, 0.5) is 0 Å². The predicted octanol–water partition coefficient (Wildman–Crippen LogP) is 2.12. The summed E-state index contributed by atoms with van der Waals surface area (Å²) in [4.78, 5) is 23.6. The van der Waals surface area contributed by atoms with Crippen LogP contribution in [0.1, 0.15) is 24.8 Å². The number of carboxylic acid groups (broad SMARTS) is 1. The minimum Gasteiger partial charge on any atom is -0.481 e. The highest BCUT2D eigenvalue weighted by Gasteiger charge is 2.37. The van der Waals surface area contributed by atoms with E-state index in [0.717, 1.165) is 12.0 Å². The van der Waals surface area contributed by atoms with Crippen molar-refractivity contribution >= 4 is 21.9 Å². The number of aliphatic carboxylic acids is 1. The molecule has 3 rings (SSSR count). The molecule has 148 valence electrons. The van der Waals surface area contributed by atoms with E-state index in [4.69, 9.17) is 5.14 Å². The van der Waals surface area contributed by atoms with Crippen LogP contribution >= 0.6 is 0 Å². The van der Waals surface area contributed by atoms with Crippen LogP contribution in [0, 0.1) is 11.8 Å². The molecule has 1 fully saturated rings. The minimum absolute atomic E-state index is 0.0528. The summed E-state index contributed by atoms with van der Waals surface area (Å²) in [6.07, 6.45) is 1.87. The van der Waals surface area contributed by atoms with E-state index in [1.165, 1.54) is 6.07 Å². The average Bonchev–Trinajstić information content (AvgIpc) is 3.16. The molecule has 0 aromatic heterocycles. The maximum Gasteiger partial charge on any atom is 0.307 e. The number of nitrogens with two attached hydrogens (primary N) is 1. The van der Waals surface area contributed by atoms with Gasteiger partial charge in [0.05, 0.1) is 16.7 Å². The van der Waals surface area contributed by atoms with Gasteiger partial charge in [0.25, 0.3) is 0 Å². The Kier molecular flexibility index (Phi) is 5.81. The van der Waals surface area contributed by atoms with Gasteiger partial charge in [0, 0.05) is 12.1 Å². The van der Waals surface area contributed by atoms with Gasteiger partial charge in [-0.1, -0.05) is 48.9 Å². The molecule has 4 N–H and O–H groups in total. The molecule has 1 aliphatic carbocycles. The minimum atomic E-state index is -3.84. The first-order chi connectivity index (χ1) is 13.3. The van der Waals surface area contributed by atoms with E-state index in [1.54, 1.807) is 42.5 Å². The monoisotopic (exact) mass is 402 g/mol. The molecule has 1 amide bonds. The summed E-state index contributed by atoms with van der Waals surface area (Å²) in [7, 11) is -3.84. The highest BCUT2D eigenvalue weighted by Crippen LogP contribution is 2.32. The zero-order chi connectivity index (χ0) is 20.3. The third kappa shape index (κ3) is 4.40. The molecule has 0 bridgehead atoms. The molecule has 7 nitrogen and oxygen atoms in total. The average molecular weight is 402 g/mol. The molecule has 0 aliphatic heterocycles. The second-order valence-corrected chi connectivity index (χ2v) is 8.47. The number of primary sulfonamides is 1. The zero-order valence-electron chi connectivity index (χ0n) is 15.2. The van der Waals surface area contributed by atoms with E-state index in [9.17, 15) is 23.1 Å². The number of hydrogen-bond acceptors (Lipinski definition) is 4. The predicted molar refractivity (Wildman–Crippen MR) is 104 cm³/mol. The van der Waals surface area contributed by atoms with E-state index in [0.29, 0.717) is 24.0 Å². The standard InChI is InChI=1S/C20H22N2O5S/c21-28(26,27)18-7-2-1-4-15(18)14-10-8-13(9-11-14)12-22-19(23)16-5-3-6-17(16)20(24)25/h1-2,4,7-11,16-17H,3,5-6,12H2,(H,22,23)(H,24,25)(H2,21,26,27). The smallest absolute Gasteiger partial charge is 0.307 e. The molecule has 1 saturated carbocycles. The number of carbonyl (C=O) groups excluding carboxylic acids is 1. The molecule has 2 unspecified atom stereocenters. The van der Waals surface area contributed by atoms with Crippen molar-refractivity contribution < 1.29 is 23.1 Å². The summed E-state index contributed by atoms with van der Waals surface area (Å²) in [5.74, 6) is -2.26. The van der Waals surface area contributed by atoms with E-state index >= 15 is 0 Å². The van der Waals surface area contributed by atoms with Gasteiger partial charge in [0.2, 0.25) is 15.9 Å². The Labute approximate surface area is 163 Å². The zero-order valence-corrected chi connectivity index (χ0v) is 16.0. The molecular weight excluding hydrogens is 380 g/mol. The molecule has 0 spiro atoms. The van der Waals surface area contributed by atoms with Crippen LogP contribution in [-0.4, -0.2) is 25.4 Å². The van der Waals surface area contributed by atoms with Crippen molar-refractivity contribution in [2.45, 2.75) is 30.7 Å².